The first-order chi connectivity index (χ1) is 25.1. The topological polar surface area (TPSA) is 395 Å². The number of aromatic nitrogens is 4. The van der Waals surface area contributed by atoms with E-state index in [2.05, 4.69) is 43.5 Å². The molecule has 1 aliphatic heterocycles. The van der Waals surface area contributed by atoms with Gasteiger partial charge >= 0.3 is 0 Å². The van der Waals surface area contributed by atoms with Gasteiger partial charge in [0.2, 0.25) is 16.9 Å². The van der Waals surface area contributed by atoms with Gasteiger partial charge in [-0.2, -0.15) is 0 Å². The van der Waals surface area contributed by atoms with Gasteiger partial charge in [0, 0.05) is 30.7 Å². The van der Waals surface area contributed by atoms with Crippen LogP contribution < -0.4 is 35.9 Å². The maximum Gasteiger partial charge on any atom is 0.274 e. The van der Waals surface area contributed by atoms with E-state index < -0.39 is 94.8 Å². The molecule has 29 heteroatoms. The fourth-order valence-corrected chi connectivity index (χ4v) is 8.21. The van der Waals surface area contributed by atoms with Crippen molar-refractivity contribution in [2.45, 2.75) is 76.8 Å². The molecule has 1 fully saturated rings. The van der Waals surface area contributed by atoms with Crippen LogP contribution in [0.1, 0.15) is 41.0 Å². The average Bonchev–Trinajstić information content (AvgIpc) is 3.60. The summed E-state index contributed by atoms with van der Waals surface area (Å²) in [4.78, 5) is 95.9. The molecule has 3 rings (SSSR count). The highest BCUT2D eigenvalue weighted by atomic mass is 32.2. The summed E-state index contributed by atoms with van der Waals surface area (Å²) >= 11 is 0.815. The zero-order chi connectivity index (χ0) is 41.8. The van der Waals surface area contributed by atoms with Crippen LogP contribution in [0.3, 0.4) is 0 Å². The van der Waals surface area contributed by atoms with Gasteiger partial charge in [0.25, 0.3) is 15.6 Å². The van der Waals surface area contributed by atoms with Crippen molar-refractivity contribution >= 4 is 69.1 Å². The van der Waals surface area contributed by atoms with E-state index in [4.69, 9.17) is 10.5 Å². The van der Waals surface area contributed by atoms with Crippen molar-refractivity contribution in [1.82, 2.24) is 30.2 Å². The second-order valence-corrected chi connectivity index (χ2v) is 18.4. The quantitative estimate of drug-likeness (QED) is 0.0547. The van der Waals surface area contributed by atoms with Crippen molar-refractivity contribution in [3.05, 3.63) is 12.7 Å². The van der Waals surface area contributed by atoms with Gasteiger partial charge in [-0.25, -0.2) is 19.3 Å². The number of nitrogens with zero attached hydrogens (tertiary/aromatic N) is 4. The molecule has 2 amide bonds. The first kappa shape index (κ1) is 46.9. The van der Waals surface area contributed by atoms with Crippen molar-refractivity contribution in [1.29, 1.82) is 0 Å². The molecule has 0 spiro atoms. The number of carbonyl (C=O) groups excluding carboxylic acids is 3. The molecular formula is C26H40N7O18P3S-4. The van der Waals surface area contributed by atoms with E-state index >= 15 is 0 Å². The van der Waals surface area contributed by atoms with Crippen molar-refractivity contribution in [2.75, 3.05) is 37.8 Å². The third-order valence-electron chi connectivity index (χ3n) is 7.70. The van der Waals surface area contributed by atoms with Gasteiger partial charge in [-0.05, 0) is 20.8 Å². The molecule has 3 heterocycles. The molecule has 0 radical (unpaired) electrons. The minimum absolute atomic E-state index is 0.0295. The van der Waals surface area contributed by atoms with E-state index in [0.717, 1.165) is 29.0 Å². The van der Waals surface area contributed by atoms with Gasteiger partial charge in [-0.3, -0.25) is 28.1 Å². The Hall–Kier alpha value is -2.48. The molecule has 7 N–H and O–H groups in total. The van der Waals surface area contributed by atoms with Gasteiger partial charge in [-0.1, -0.05) is 25.6 Å². The summed E-state index contributed by atoms with van der Waals surface area (Å²) < 4.78 is 60.9. The average molecular weight is 864 g/mol. The number of nitrogen functional groups attached to an aromatic ring is 1. The lowest BCUT2D eigenvalue weighted by atomic mass is 9.87. The largest absolute Gasteiger partial charge is 0.790 e. The monoisotopic (exact) mass is 863 g/mol. The van der Waals surface area contributed by atoms with Gasteiger partial charge < -0.3 is 74.1 Å². The lowest BCUT2D eigenvalue weighted by Gasteiger charge is -2.36. The van der Waals surface area contributed by atoms with Crippen LogP contribution in [0.4, 0.5) is 5.82 Å². The van der Waals surface area contributed by atoms with E-state index in [1.165, 1.54) is 34.6 Å². The number of nitrogens with two attached hydrogens (primary N) is 1. The number of phosphoric ester groups is 3. The molecular weight excluding hydrogens is 823 g/mol. The van der Waals surface area contributed by atoms with Gasteiger partial charge in [0.15, 0.2) is 17.2 Å². The van der Waals surface area contributed by atoms with Crippen molar-refractivity contribution in [3.63, 3.8) is 0 Å². The highest BCUT2D eigenvalue weighted by molar-refractivity contribution is 8.13. The van der Waals surface area contributed by atoms with Crippen LogP contribution in [0.5, 0.6) is 0 Å². The van der Waals surface area contributed by atoms with Gasteiger partial charge in [-0.15, -0.1) is 0 Å². The summed E-state index contributed by atoms with van der Waals surface area (Å²) in [6, 6.07) is 0. The summed E-state index contributed by atoms with van der Waals surface area (Å²) in [7, 11) is -17.7. The van der Waals surface area contributed by atoms with Crippen LogP contribution in [0, 0.1) is 5.41 Å². The van der Waals surface area contributed by atoms with Gasteiger partial charge in [0.05, 0.1) is 27.4 Å². The van der Waals surface area contributed by atoms with E-state index in [9.17, 15) is 63.0 Å². The fraction of sp³-hybridized carbons (Fsp3) is 0.692. The lowest BCUT2D eigenvalue weighted by molar-refractivity contribution is -0.347. The molecule has 0 bridgehead atoms. The number of anilines is 1. The normalized spacial score (nSPS) is 23.5. The Morgan fingerprint density at radius 1 is 1.07 bits per heavy atom. The summed E-state index contributed by atoms with van der Waals surface area (Å²) in [6.07, 6.45) is -6.18. The minimum Gasteiger partial charge on any atom is -0.790 e. The highest BCUT2D eigenvalue weighted by Crippen LogP contribution is 2.56. The van der Waals surface area contributed by atoms with Crippen LogP contribution >= 0.6 is 35.2 Å². The zero-order valence-corrected chi connectivity index (χ0v) is 33.3. The predicted molar refractivity (Wildman–Crippen MR) is 179 cm³/mol. The van der Waals surface area contributed by atoms with E-state index in [1.807, 2.05) is 0 Å². The van der Waals surface area contributed by atoms with Crippen molar-refractivity contribution in [2.24, 2.45) is 5.41 Å². The molecule has 1 saturated heterocycles. The summed E-state index contributed by atoms with van der Waals surface area (Å²) in [5, 5.41) is 35.4. The number of nitrogens with one attached hydrogen (secondary N) is 2. The number of hydrogen-bond donors (Lipinski definition) is 6. The van der Waals surface area contributed by atoms with Crippen molar-refractivity contribution in [3.8, 4) is 0 Å². The predicted octanol–water partition coefficient (Wildman–Crippen LogP) is -3.92. The Morgan fingerprint density at radius 3 is 2.33 bits per heavy atom. The SMILES string of the molecule is CC(C)(O)C(=O)SCCNC(=O)CCNC(=O)C(O)C(C)(C)COP(=O)([O-])OP(=O)([O-])OCC1OC(C)(n2cnc3c(N)ncnc32)C(O)C1OP(=O)([O-])[O-]. The van der Waals surface area contributed by atoms with Crippen LogP contribution in [0.25, 0.3) is 11.2 Å². The van der Waals surface area contributed by atoms with E-state index in [0.29, 0.717) is 0 Å². The molecule has 7 unspecified atom stereocenters. The Balaban J connectivity index is 1.54. The second-order valence-electron chi connectivity index (χ2n) is 13.2. The molecule has 1 aliphatic rings. The Bertz CT molecular complexity index is 1860. The number of hydrogen-bond acceptors (Lipinski definition) is 23. The number of amides is 2. The zero-order valence-electron chi connectivity index (χ0n) is 29.8. The smallest absolute Gasteiger partial charge is 0.274 e. The Morgan fingerprint density at radius 2 is 1.71 bits per heavy atom. The Labute approximate surface area is 317 Å². The van der Waals surface area contributed by atoms with E-state index in [-0.39, 0.29) is 42.2 Å². The number of fused-ring (bicyclic) bond motifs is 1. The van der Waals surface area contributed by atoms with Crippen LogP contribution in [-0.4, -0.2) is 114 Å². The molecule has 2 aromatic rings. The second kappa shape index (κ2) is 18.0. The third kappa shape index (κ3) is 13.0. The Kier molecular flexibility index (Phi) is 15.3. The van der Waals surface area contributed by atoms with E-state index in [1.54, 1.807) is 0 Å². The van der Waals surface area contributed by atoms with Crippen molar-refractivity contribution < 1.29 is 85.6 Å². The third-order valence-corrected chi connectivity index (χ3v) is 11.9. The molecule has 0 saturated carbocycles. The first-order valence-electron chi connectivity index (χ1n) is 15.8. The van der Waals surface area contributed by atoms with Crippen LogP contribution in [0.2, 0.25) is 0 Å². The maximum absolute atomic E-state index is 12.5. The highest BCUT2D eigenvalue weighted by Gasteiger charge is 2.55. The van der Waals surface area contributed by atoms with Crippen LogP contribution in [-0.2, 0) is 56.4 Å². The number of aliphatic hydroxyl groups excluding tert-OH is 2. The molecule has 0 aliphatic carbocycles. The minimum atomic E-state index is -5.94. The number of carbonyl (C=O) groups is 3. The molecule has 55 heavy (non-hydrogen) atoms. The molecule has 25 nitrogen and oxygen atoms in total. The molecule has 0 aromatic carbocycles. The summed E-state index contributed by atoms with van der Waals surface area (Å²) in [5.74, 6) is -1.47. The summed E-state index contributed by atoms with van der Waals surface area (Å²) in [5.41, 5.74) is 0.445. The number of rotatable bonds is 20. The number of phosphoric acid groups is 3. The number of thioether (sulfide) groups is 1. The summed E-state index contributed by atoms with van der Waals surface area (Å²) in [6.45, 7) is 3.68. The van der Waals surface area contributed by atoms with Crippen LogP contribution in [0.15, 0.2) is 12.7 Å². The standard InChI is InChI=1S/C26H44N7O18P3S/c1-24(2,19(36)22(37)29-7-6-15(34)28-8-9-55-23(38)25(3,4)39)11-48-54(45,46)51-53(43,44)47-10-14-17(50-52(40,41)42)18(35)26(5,49-14)33-13-32-16-20(27)30-12-31-21(16)33/h12-14,17-19,35-36,39H,6-11H2,1-5H3,(H,28,34)(H,29,37)(H,43,44)(H,45,46)(H2,27,30,31)(H2,40,41,42)/p-4. The number of ether oxygens (including phenoxy) is 1. The number of aliphatic hydroxyl groups is 3. The fourth-order valence-electron chi connectivity index (χ4n) is 4.74. The first-order valence-corrected chi connectivity index (χ1v) is 21.2. The molecule has 7 atom stereocenters. The molecule has 312 valence electrons. The molecule has 2 aromatic heterocycles. The lowest BCUT2D eigenvalue weighted by Crippen LogP contribution is -2.46. The number of imidazole rings is 1. The maximum atomic E-state index is 12.5. The van der Waals surface area contributed by atoms with Gasteiger partial charge in [0.1, 0.15) is 41.9 Å².